The predicted molar refractivity (Wildman–Crippen MR) is 88.6 cm³/mol. The second-order valence-electron chi connectivity index (χ2n) is 5.29. The van der Waals surface area contributed by atoms with Crippen LogP contribution in [0.1, 0.15) is 21.7 Å². The molecule has 3 rings (SSSR count). The van der Waals surface area contributed by atoms with Gasteiger partial charge in [-0.2, -0.15) is 4.98 Å². The number of aromatic nitrogens is 2. The molecule has 0 saturated carbocycles. The standard InChI is InChI=1S/C18H17N3O3/c1-12-3-5-14(6-4-12)18-20-16(21-24-18)11-19-17(22)13-7-9-15(23-2)10-8-13/h3-10H,11H2,1-2H3,(H,19,22). The van der Waals surface area contributed by atoms with Crippen LogP contribution in [0.3, 0.4) is 0 Å². The Morgan fingerprint density at radius 1 is 1.12 bits per heavy atom. The number of methoxy groups -OCH3 is 1. The molecule has 2 aromatic carbocycles. The molecule has 0 aliphatic heterocycles. The molecule has 0 spiro atoms. The van der Waals surface area contributed by atoms with Crippen LogP contribution in [-0.2, 0) is 6.54 Å². The number of nitrogens with one attached hydrogen (secondary N) is 1. The first-order chi connectivity index (χ1) is 11.7. The highest BCUT2D eigenvalue weighted by Gasteiger charge is 2.11. The maximum Gasteiger partial charge on any atom is 0.257 e. The minimum absolute atomic E-state index is 0.195. The van der Waals surface area contributed by atoms with E-state index in [1.807, 2.05) is 31.2 Å². The van der Waals surface area contributed by atoms with E-state index in [0.717, 1.165) is 11.1 Å². The van der Waals surface area contributed by atoms with Crippen LogP contribution in [0.25, 0.3) is 11.5 Å². The molecule has 0 saturated heterocycles. The van der Waals surface area contributed by atoms with E-state index in [9.17, 15) is 4.79 Å². The van der Waals surface area contributed by atoms with Gasteiger partial charge < -0.3 is 14.6 Å². The maximum atomic E-state index is 12.1. The maximum absolute atomic E-state index is 12.1. The molecule has 24 heavy (non-hydrogen) atoms. The highest BCUT2D eigenvalue weighted by atomic mass is 16.5. The smallest absolute Gasteiger partial charge is 0.257 e. The van der Waals surface area contributed by atoms with E-state index in [2.05, 4.69) is 15.5 Å². The average Bonchev–Trinajstić information content (AvgIpc) is 3.09. The van der Waals surface area contributed by atoms with Gasteiger partial charge in [0.15, 0.2) is 5.82 Å². The topological polar surface area (TPSA) is 77.2 Å². The third-order valence-electron chi connectivity index (χ3n) is 3.53. The Kier molecular flexibility index (Phi) is 4.56. The van der Waals surface area contributed by atoms with E-state index in [0.29, 0.717) is 23.0 Å². The van der Waals surface area contributed by atoms with Crippen LogP contribution in [0.5, 0.6) is 5.75 Å². The first kappa shape index (κ1) is 15.7. The average molecular weight is 323 g/mol. The van der Waals surface area contributed by atoms with Crippen LogP contribution < -0.4 is 10.1 Å². The van der Waals surface area contributed by atoms with Crippen molar-refractivity contribution >= 4 is 5.91 Å². The molecule has 6 nitrogen and oxygen atoms in total. The second kappa shape index (κ2) is 6.95. The quantitative estimate of drug-likeness (QED) is 0.781. The number of ether oxygens (including phenoxy) is 1. The summed E-state index contributed by atoms with van der Waals surface area (Å²) in [5.74, 6) is 1.35. The fourth-order valence-electron chi connectivity index (χ4n) is 2.14. The molecule has 0 aliphatic rings. The van der Waals surface area contributed by atoms with Crippen LogP contribution in [-0.4, -0.2) is 23.2 Å². The van der Waals surface area contributed by atoms with Gasteiger partial charge in [-0.25, -0.2) is 0 Å². The van der Waals surface area contributed by atoms with Gasteiger partial charge in [-0.05, 0) is 43.3 Å². The molecule has 1 aromatic heterocycles. The van der Waals surface area contributed by atoms with Crippen LogP contribution in [0.2, 0.25) is 0 Å². The first-order valence-electron chi connectivity index (χ1n) is 7.47. The van der Waals surface area contributed by atoms with Gasteiger partial charge in [0.2, 0.25) is 0 Å². The van der Waals surface area contributed by atoms with E-state index in [1.54, 1.807) is 31.4 Å². The molecular weight excluding hydrogens is 306 g/mol. The van der Waals surface area contributed by atoms with Gasteiger partial charge in [0.25, 0.3) is 11.8 Å². The van der Waals surface area contributed by atoms with Crippen molar-refractivity contribution in [2.24, 2.45) is 0 Å². The predicted octanol–water partition coefficient (Wildman–Crippen LogP) is 2.98. The number of hydrogen-bond acceptors (Lipinski definition) is 5. The molecular formula is C18H17N3O3. The molecule has 1 amide bonds. The van der Waals surface area contributed by atoms with Crippen molar-refractivity contribution in [2.75, 3.05) is 7.11 Å². The van der Waals surface area contributed by atoms with Crippen molar-refractivity contribution in [3.8, 4) is 17.2 Å². The zero-order valence-electron chi connectivity index (χ0n) is 13.4. The zero-order chi connectivity index (χ0) is 16.9. The molecule has 0 aliphatic carbocycles. The second-order valence-corrected chi connectivity index (χ2v) is 5.29. The van der Waals surface area contributed by atoms with Crippen LogP contribution in [0, 0.1) is 6.92 Å². The number of carbonyl (C=O) groups is 1. The van der Waals surface area contributed by atoms with Crippen molar-refractivity contribution in [1.29, 1.82) is 0 Å². The molecule has 6 heteroatoms. The number of benzene rings is 2. The molecule has 0 radical (unpaired) electrons. The number of aryl methyl sites for hydroxylation is 1. The van der Waals surface area contributed by atoms with Gasteiger partial charge in [0.05, 0.1) is 13.7 Å². The first-order valence-corrected chi connectivity index (χ1v) is 7.47. The molecule has 0 atom stereocenters. The molecule has 122 valence electrons. The van der Waals surface area contributed by atoms with Gasteiger partial charge in [0.1, 0.15) is 5.75 Å². The summed E-state index contributed by atoms with van der Waals surface area (Å²) in [5, 5.41) is 6.65. The van der Waals surface area contributed by atoms with E-state index in [1.165, 1.54) is 0 Å². The van der Waals surface area contributed by atoms with E-state index >= 15 is 0 Å². The number of carbonyl (C=O) groups excluding carboxylic acids is 1. The summed E-state index contributed by atoms with van der Waals surface area (Å²) in [6.07, 6.45) is 0. The minimum atomic E-state index is -0.209. The Bertz CT molecular complexity index is 823. The van der Waals surface area contributed by atoms with Crippen molar-refractivity contribution in [1.82, 2.24) is 15.5 Å². The van der Waals surface area contributed by atoms with E-state index < -0.39 is 0 Å². The summed E-state index contributed by atoms with van der Waals surface area (Å²) >= 11 is 0. The Balaban J connectivity index is 1.62. The van der Waals surface area contributed by atoms with Crippen molar-refractivity contribution in [2.45, 2.75) is 13.5 Å². The van der Waals surface area contributed by atoms with Crippen LogP contribution in [0.4, 0.5) is 0 Å². The van der Waals surface area contributed by atoms with Crippen molar-refractivity contribution < 1.29 is 14.1 Å². The van der Waals surface area contributed by atoms with E-state index in [-0.39, 0.29) is 12.5 Å². The highest BCUT2D eigenvalue weighted by molar-refractivity contribution is 5.94. The molecule has 0 bridgehead atoms. The third-order valence-corrected chi connectivity index (χ3v) is 3.53. The summed E-state index contributed by atoms with van der Waals surface area (Å²) in [6, 6.07) is 14.7. The molecule has 0 fully saturated rings. The lowest BCUT2D eigenvalue weighted by Crippen LogP contribution is -2.23. The summed E-state index contributed by atoms with van der Waals surface area (Å²) in [5.41, 5.74) is 2.55. The van der Waals surface area contributed by atoms with E-state index in [4.69, 9.17) is 9.26 Å². The summed E-state index contributed by atoms with van der Waals surface area (Å²) in [4.78, 5) is 16.4. The molecule has 1 heterocycles. The third kappa shape index (κ3) is 3.60. The molecule has 1 N–H and O–H groups in total. The SMILES string of the molecule is COc1ccc(C(=O)NCc2noc(-c3ccc(C)cc3)n2)cc1. The molecule has 3 aromatic rings. The van der Waals surface area contributed by atoms with Gasteiger partial charge in [-0.15, -0.1) is 0 Å². The van der Waals surface area contributed by atoms with Crippen LogP contribution >= 0.6 is 0 Å². The van der Waals surface area contributed by atoms with Gasteiger partial charge in [-0.1, -0.05) is 22.9 Å². The van der Waals surface area contributed by atoms with Gasteiger partial charge in [0, 0.05) is 11.1 Å². The fourth-order valence-corrected chi connectivity index (χ4v) is 2.14. The Labute approximate surface area is 139 Å². The zero-order valence-corrected chi connectivity index (χ0v) is 13.4. The lowest BCUT2D eigenvalue weighted by atomic mass is 10.1. The summed E-state index contributed by atoms with van der Waals surface area (Å²) < 4.78 is 10.3. The van der Waals surface area contributed by atoms with Crippen molar-refractivity contribution in [3.63, 3.8) is 0 Å². The Hall–Kier alpha value is -3.15. The summed E-state index contributed by atoms with van der Waals surface area (Å²) in [6.45, 7) is 2.21. The fraction of sp³-hybridized carbons (Fsp3) is 0.167. The summed E-state index contributed by atoms with van der Waals surface area (Å²) in [7, 11) is 1.58. The van der Waals surface area contributed by atoms with Crippen molar-refractivity contribution in [3.05, 3.63) is 65.5 Å². The lowest BCUT2D eigenvalue weighted by Gasteiger charge is -2.03. The number of hydrogen-bond donors (Lipinski definition) is 1. The normalized spacial score (nSPS) is 10.4. The minimum Gasteiger partial charge on any atom is -0.497 e. The monoisotopic (exact) mass is 323 g/mol. The van der Waals surface area contributed by atoms with Gasteiger partial charge >= 0.3 is 0 Å². The highest BCUT2D eigenvalue weighted by Crippen LogP contribution is 2.17. The lowest BCUT2D eigenvalue weighted by molar-refractivity contribution is 0.0949. The number of rotatable bonds is 5. The largest absolute Gasteiger partial charge is 0.497 e. The Morgan fingerprint density at radius 2 is 1.83 bits per heavy atom. The number of nitrogens with zero attached hydrogens (tertiary/aromatic N) is 2. The van der Waals surface area contributed by atoms with Gasteiger partial charge in [-0.3, -0.25) is 4.79 Å². The number of amides is 1. The molecule has 0 unspecified atom stereocenters. The Morgan fingerprint density at radius 3 is 2.50 bits per heavy atom. The van der Waals surface area contributed by atoms with Crippen LogP contribution in [0.15, 0.2) is 53.1 Å².